The van der Waals surface area contributed by atoms with Crippen LogP contribution in [0.1, 0.15) is 36.3 Å². The van der Waals surface area contributed by atoms with Gasteiger partial charge < -0.3 is 10.2 Å². The number of rotatable bonds is 3. The number of aryl methyl sites for hydroxylation is 2. The summed E-state index contributed by atoms with van der Waals surface area (Å²) in [5, 5.41) is 3.27. The van der Waals surface area contributed by atoms with Crippen LogP contribution in [0.15, 0.2) is 24.4 Å². The summed E-state index contributed by atoms with van der Waals surface area (Å²) in [6.45, 7) is 7.04. The lowest BCUT2D eigenvalue weighted by Gasteiger charge is -2.14. The van der Waals surface area contributed by atoms with Crippen molar-refractivity contribution >= 4 is 17.5 Å². The number of nitrogens with zero attached hydrogens (tertiary/aromatic N) is 4. The summed E-state index contributed by atoms with van der Waals surface area (Å²) in [7, 11) is 0. The highest BCUT2D eigenvalue weighted by Gasteiger charge is 2.27. The molecule has 2 aromatic rings. The van der Waals surface area contributed by atoms with E-state index in [0.29, 0.717) is 6.54 Å². The van der Waals surface area contributed by atoms with Crippen LogP contribution in [0.4, 0.5) is 11.6 Å². The van der Waals surface area contributed by atoms with E-state index in [9.17, 15) is 4.79 Å². The molecule has 3 rings (SSSR count). The van der Waals surface area contributed by atoms with E-state index in [0.717, 1.165) is 41.7 Å². The third kappa shape index (κ3) is 3.47. The van der Waals surface area contributed by atoms with Gasteiger partial charge in [-0.2, -0.15) is 0 Å². The molecule has 1 atom stereocenters. The lowest BCUT2D eigenvalue weighted by Crippen LogP contribution is -2.25. The first kappa shape index (κ1) is 15.4. The number of carbonyl (C=O) groups is 1. The third-order valence-electron chi connectivity index (χ3n) is 4.13. The molecule has 3 heterocycles. The number of aromatic nitrogens is 3. The van der Waals surface area contributed by atoms with Crippen molar-refractivity contribution in [3.63, 3.8) is 0 Å². The van der Waals surface area contributed by atoms with E-state index in [-0.39, 0.29) is 11.8 Å². The molecule has 1 aliphatic heterocycles. The topological polar surface area (TPSA) is 71.0 Å². The van der Waals surface area contributed by atoms with Gasteiger partial charge in [0, 0.05) is 43.9 Å². The van der Waals surface area contributed by atoms with Gasteiger partial charge in [0.15, 0.2) is 0 Å². The van der Waals surface area contributed by atoms with Crippen LogP contribution in [0.2, 0.25) is 0 Å². The standard InChI is InChI=1S/C17H21N5O/c1-11-5-4-7-18-16(11)20-15-9-12(2)19-17(21-15)14-6-8-22(10-14)13(3)23/h4-5,7,9,14H,6,8,10H2,1-3H3,(H,18,19,20,21)/t14-/m1/s1. The van der Waals surface area contributed by atoms with Crippen molar-refractivity contribution in [3.05, 3.63) is 41.5 Å². The summed E-state index contributed by atoms with van der Waals surface area (Å²) in [5.74, 6) is 2.65. The summed E-state index contributed by atoms with van der Waals surface area (Å²) in [5.41, 5.74) is 1.97. The normalized spacial score (nSPS) is 17.3. The van der Waals surface area contributed by atoms with Gasteiger partial charge in [-0.15, -0.1) is 0 Å². The highest BCUT2D eigenvalue weighted by Crippen LogP contribution is 2.26. The molecule has 0 unspecified atom stereocenters. The summed E-state index contributed by atoms with van der Waals surface area (Å²) in [6.07, 6.45) is 2.66. The zero-order chi connectivity index (χ0) is 16.4. The van der Waals surface area contributed by atoms with Crippen LogP contribution < -0.4 is 5.32 Å². The lowest BCUT2D eigenvalue weighted by atomic mass is 10.1. The van der Waals surface area contributed by atoms with E-state index in [1.54, 1.807) is 13.1 Å². The number of amides is 1. The molecule has 0 radical (unpaired) electrons. The maximum atomic E-state index is 11.5. The second-order valence-electron chi connectivity index (χ2n) is 6.00. The molecule has 0 aromatic carbocycles. The number of hydrogen-bond donors (Lipinski definition) is 1. The van der Waals surface area contributed by atoms with Crippen LogP contribution in [-0.4, -0.2) is 38.8 Å². The highest BCUT2D eigenvalue weighted by atomic mass is 16.2. The number of hydrogen-bond acceptors (Lipinski definition) is 5. The average Bonchev–Trinajstić information content (AvgIpc) is 2.99. The number of likely N-dealkylation sites (tertiary alicyclic amines) is 1. The van der Waals surface area contributed by atoms with Gasteiger partial charge in [0.25, 0.3) is 0 Å². The monoisotopic (exact) mass is 311 g/mol. The fourth-order valence-electron chi connectivity index (χ4n) is 2.83. The minimum absolute atomic E-state index is 0.114. The van der Waals surface area contributed by atoms with Gasteiger partial charge in [0.1, 0.15) is 17.5 Å². The van der Waals surface area contributed by atoms with Crippen LogP contribution in [0.3, 0.4) is 0 Å². The van der Waals surface area contributed by atoms with Gasteiger partial charge in [0.05, 0.1) is 0 Å². The van der Waals surface area contributed by atoms with E-state index in [2.05, 4.69) is 20.3 Å². The van der Waals surface area contributed by atoms with E-state index in [1.165, 1.54) is 0 Å². The molecular formula is C17H21N5O. The number of pyridine rings is 1. The predicted octanol–water partition coefficient (Wildman–Crippen LogP) is 2.57. The fraction of sp³-hybridized carbons (Fsp3) is 0.412. The molecule has 0 saturated carbocycles. The van der Waals surface area contributed by atoms with Crippen LogP contribution in [-0.2, 0) is 4.79 Å². The van der Waals surface area contributed by atoms with Gasteiger partial charge >= 0.3 is 0 Å². The molecule has 0 aliphatic carbocycles. The number of carbonyl (C=O) groups excluding carboxylic acids is 1. The molecule has 6 heteroatoms. The van der Waals surface area contributed by atoms with Crippen LogP contribution in [0.5, 0.6) is 0 Å². The Balaban J connectivity index is 1.83. The van der Waals surface area contributed by atoms with Crippen LogP contribution >= 0.6 is 0 Å². The Kier molecular flexibility index (Phi) is 4.23. The van der Waals surface area contributed by atoms with E-state index in [4.69, 9.17) is 0 Å². The van der Waals surface area contributed by atoms with Crippen molar-refractivity contribution < 1.29 is 4.79 Å². The Bertz CT molecular complexity index is 731. The maximum Gasteiger partial charge on any atom is 0.219 e. The summed E-state index contributed by atoms with van der Waals surface area (Å²) in [4.78, 5) is 26.9. The summed E-state index contributed by atoms with van der Waals surface area (Å²) >= 11 is 0. The van der Waals surface area contributed by atoms with Gasteiger partial charge in [-0.25, -0.2) is 15.0 Å². The first-order valence-electron chi connectivity index (χ1n) is 7.82. The molecule has 0 bridgehead atoms. The first-order valence-corrected chi connectivity index (χ1v) is 7.82. The Morgan fingerprint density at radius 2 is 2.17 bits per heavy atom. The molecule has 120 valence electrons. The molecule has 1 fully saturated rings. The van der Waals surface area contributed by atoms with Crippen LogP contribution in [0, 0.1) is 13.8 Å². The molecule has 1 saturated heterocycles. The Labute approximate surface area is 136 Å². The first-order chi connectivity index (χ1) is 11.0. The molecule has 1 N–H and O–H groups in total. The van der Waals surface area contributed by atoms with Crippen molar-refractivity contribution in [2.45, 2.75) is 33.1 Å². The minimum Gasteiger partial charge on any atom is -0.342 e. The van der Waals surface area contributed by atoms with E-state index < -0.39 is 0 Å². The zero-order valence-electron chi connectivity index (χ0n) is 13.7. The smallest absolute Gasteiger partial charge is 0.219 e. The lowest BCUT2D eigenvalue weighted by molar-refractivity contribution is -0.127. The van der Waals surface area contributed by atoms with E-state index in [1.807, 2.05) is 36.9 Å². The second-order valence-corrected chi connectivity index (χ2v) is 6.00. The number of nitrogens with one attached hydrogen (secondary N) is 1. The Morgan fingerprint density at radius 3 is 2.87 bits per heavy atom. The highest BCUT2D eigenvalue weighted by molar-refractivity contribution is 5.73. The molecule has 2 aromatic heterocycles. The van der Waals surface area contributed by atoms with Gasteiger partial charge in [-0.3, -0.25) is 4.79 Å². The van der Waals surface area contributed by atoms with Gasteiger partial charge in [-0.1, -0.05) is 6.07 Å². The maximum absolute atomic E-state index is 11.5. The summed E-state index contributed by atoms with van der Waals surface area (Å²) < 4.78 is 0. The van der Waals surface area contributed by atoms with Crippen molar-refractivity contribution in [3.8, 4) is 0 Å². The SMILES string of the molecule is CC(=O)N1CC[C@@H](c2nc(C)cc(Nc3ncccc3C)n2)C1. The summed E-state index contributed by atoms with van der Waals surface area (Å²) in [6, 6.07) is 5.83. The van der Waals surface area contributed by atoms with Crippen molar-refractivity contribution in [2.24, 2.45) is 0 Å². The minimum atomic E-state index is 0.114. The van der Waals surface area contributed by atoms with Gasteiger partial charge in [0.2, 0.25) is 5.91 Å². The quantitative estimate of drug-likeness (QED) is 0.943. The van der Waals surface area contributed by atoms with Gasteiger partial charge in [-0.05, 0) is 31.9 Å². The van der Waals surface area contributed by atoms with Crippen molar-refractivity contribution in [1.82, 2.24) is 19.9 Å². The van der Waals surface area contributed by atoms with Crippen LogP contribution in [0.25, 0.3) is 0 Å². The fourth-order valence-corrected chi connectivity index (χ4v) is 2.83. The Hall–Kier alpha value is -2.50. The largest absolute Gasteiger partial charge is 0.342 e. The molecule has 6 nitrogen and oxygen atoms in total. The zero-order valence-corrected chi connectivity index (χ0v) is 13.7. The molecular weight excluding hydrogens is 290 g/mol. The molecule has 23 heavy (non-hydrogen) atoms. The second kappa shape index (κ2) is 6.32. The van der Waals surface area contributed by atoms with Crippen molar-refractivity contribution in [2.75, 3.05) is 18.4 Å². The van der Waals surface area contributed by atoms with E-state index >= 15 is 0 Å². The molecule has 1 amide bonds. The molecule has 0 spiro atoms. The third-order valence-corrected chi connectivity index (χ3v) is 4.13. The number of anilines is 2. The Morgan fingerprint density at radius 1 is 1.35 bits per heavy atom. The predicted molar refractivity (Wildman–Crippen MR) is 88.6 cm³/mol. The molecule has 1 aliphatic rings. The van der Waals surface area contributed by atoms with Crippen molar-refractivity contribution in [1.29, 1.82) is 0 Å². The average molecular weight is 311 g/mol.